The van der Waals surface area contributed by atoms with Crippen LogP contribution in [0.2, 0.25) is 0 Å². The Balaban J connectivity index is 2.45. The van der Waals surface area contributed by atoms with E-state index in [-0.39, 0.29) is 13.0 Å². The maximum atomic E-state index is 11.8. The Kier molecular flexibility index (Phi) is 3.35. The summed E-state index contributed by atoms with van der Waals surface area (Å²) in [7, 11) is -5.24. The molecule has 1 aromatic rings. The highest BCUT2D eigenvalue weighted by atomic mass is 32.2. The molecule has 0 bridgehead atoms. The monoisotopic (exact) mass is 243 g/mol. The first-order chi connectivity index (χ1) is 6.83. The van der Waals surface area contributed by atoms with Crippen molar-refractivity contribution in [3.05, 3.63) is 18.2 Å². The molecule has 0 fully saturated rings. The van der Waals surface area contributed by atoms with Crippen molar-refractivity contribution in [2.24, 2.45) is 0 Å². The number of sulfonamides is 1. The number of nitrogens with zero attached hydrogens (tertiary/aromatic N) is 1. The van der Waals surface area contributed by atoms with Gasteiger partial charge in [-0.2, -0.15) is 13.2 Å². The number of alkyl halides is 3. The number of nitrogens with one attached hydrogen (secondary N) is 2. The molecule has 1 heterocycles. The van der Waals surface area contributed by atoms with Gasteiger partial charge in [-0.3, -0.25) is 0 Å². The summed E-state index contributed by atoms with van der Waals surface area (Å²) in [6, 6.07) is 0. The van der Waals surface area contributed by atoms with Crippen LogP contribution in [0.3, 0.4) is 0 Å². The van der Waals surface area contributed by atoms with E-state index in [1.807, 2.05) is 0 Å². The summed E-state index contributed by atoms with van der Waals surface area (Å²) in [5.41, 5.74) is -5.27. The number of rotatable bonds is 4. The standard InChI is InChI=1S/C6H8F3N3O2S/c7-6(8,9)15(13,14)12-2-1-5-10-3-4-11-5/h3-4,12H,1-2H2,(H,10,11). The second-order valence-electron chi connectivity index (χ2n) is 2.63. The van der Waals surface area contributed by atoms with Gasteiger partial charge < -0.3 is 4.98 Å². The third kappa shape index (κ3) is 3.20. The van der Waals surface area contributed by atoms with Crippen molar-refractivity contribution in [1.29, 1.82) is 0 Å². The van der Waals surface area contributed by atoms with E-state index in [0.29, 0.717) is 5.82 Å². The van der Waals surface area contributed by atoms with E-state index in [2.05, 4.69) is 9.97 Å². The van der Waals surface area contributed by atoms with Crippen molar-refractivity contribution < 1.29 is 21.6 Å². The Morgan fingerprint density at radius 2 is 2.13 bits per heavy atom. The van der Waals surface area contributed by atoms with Crippen LogP contribution in [-0.2, 0) is 16.4 Å². The highest BCUT2D eigenvalue weighted by molar-refractivity contribution is 7.90. The molecule has 1 rings (SSSR count). The maximum Gasteiger partial charge on any atom is 0.511 e. The van der Waals surface area contributed by atoms with Gasteiger partial charge in [0.15, 0.2) is 0 Å². The summed E-state index contributed by atoms with van der Waals surface area (Å²) in [5, 5.41) is 0. The second-order valence-corrected chi connectivity index (χ2v) is 4.39. The SMILES string of the molecule is O=S(=O)(NCCc1ncc[nH]1)C(F)(F)F. The smallest absolute Gasteiger partial charge is 0.349 e. The molecule has 9 heteroatoms. The van der Waals surface area contributed by atoms with Crippen molar-refractivity contribution in [3.8, 4) is 0 Å². The second kappa shape index (κ2) is 4.19. The van der Waals surface area contributed by atoms with Gasteiger partial charge in [-0.05, 0) is 0 Å². The Morgan fingerprint density at radius 3 is 2.60 bits per heavy atom. The van der Waals surface area contributed by atoms with Crippen molar-refractivity contribution in [1.82, 2.24) is 14.7 Å². The van der Waals surface area contributed by atoms with E-state index in [1.54, 1.807) is 0 Å². The van der Waals surface area contributed by atoms with Crippen molar-refractivity contribution in [3.63, 3.8) is 0 Å². The molecule has 0 saturated carbocycles. The zero-order chi connectivity index (χ0) is 11.5. The van der Waals surface area contributed by atoms with Gasteiger partial charge in [-0.15, -0.1) is 0 Å². The van der Waals surface area contributed by atoms with Gasteiger partial charge in [0.05, 0.1) is 0 Å². The number of halogens is 3. The van der Waals surface area contributed by atoms with Crippen LogP contribution < -0.4 is 4.72 Å². The Hall–Kier alpha value is -1.09. The first-order valence-corrected chi connectivity index (χ1v) is 5.35. The van der Waals surface area contributed by atoms with Crippen LogP contribution in [0.4, 0.5) is 13.2 Å². The summed E-state index contributed by atoms with van der Waals surface area (Å²) in [5.74, 6) is 0.417. The van der Waals surface area contributed by atoms with E-state index < -0.39 is 15.5 Å². The molecule has 86 valence electrons. The highest BCUT2D eigenvalue weighted by Gasteiger charge is 2.45. The third-order valence-electron chi connectivity index (χ3n) is 1.51. The number of aromatic amines is 1. The highest BCUT2D eigenvalue weighted by Crippen LogP contribution is 2.21. The van der Waals surface area contributed by atoms with Gasteiger partial charge in [0.2, 0.25) is 0 Å². The number of hydrogen-bond donors (Lipinski definition) is 2. The molecule has 5 nitrogen and oxygen atoms in total. The van der Waals surface area contributed by atoms with E-state index in [9.17, 15) is 21.6 Å². The molecule has 2 N–H and O–H groups in total. The number of hydrogen-bond acceptors (Lipinski definition) is 3. The molecule has 0 aromatic carbocycles. The average Bonchev–Trinajstić information content (AvgIpc) is 2.54. The van der Waals surface area contributed by atoms with Crippen molar-refractivity contribution >= 4 is 10.0 Å². The fourth-order valence-corrected chi connectivity index (χ4v) is 1.35. The lowest BCUT2D eigenvalue weighted by molar-refractivity contribution is -0.0447. The topological polar surface area (TPSA) is 74.8 Å². The fourth-order valence-electron chi connectivity index (χ4n) is 0.820. The first-order valence-electron chi connectivity index (χ1n) is 3.87. The van der Waals surface area contributed by atoms with Gasteiger partial charge >= 0.3 is 15.5 Å². The fraction of sp³-hybridized carbons (Fsp3) is 0.500. The Morgan fingerprint density at radius 1 is 1.47 bits per heavy atom. The molecular weight excluding hydrogens is 235 g/mol. The molecule has 0 spiro atoms. The molecule has 0 unspecified atom stereocenters. The van der Waals surface area contributed by atoms with E-state index in [1.165, 1.54) is 17.1 Å². The summed E-state index contributed by atoms with van der Waals surface area (Å²) >= 11 is 0. The predicted molar refractivity (Wildman–Crippen MR) is 45.3 cm³/mol. The van der Waals surface area contributed by atoms with E-state index >= 15 is 0 Å². The molecule has 0 aliphatic rings. The summed E-state index contributed by atoms with van der Waals surface area (Å²) in [6.45, 7) is -0.352. The molecule has 15 heavy (non-hydrogen) atoms. The quantitative estimate of drug-likeness (QED) is 0.803. The largest absolute Gasteiger partial charge is 0.511 e. The minimum Gasteiger partial charge on any atom is -0.349 e. The molecule has 1 aromatic heterocycles. The van der Waals surface area contributed by atoms with Crippen molar-refractivity contribution in [2.75, 3.05) is 6.54 Å². The van der Waals surface area contributed by atoms with E-state index in [4.69, 9.17) is 0 Å². The lowest BCUT2D eigenvalue weighted by atomic mass is 10.4. The normalized spacial score (nSPS) is 13.0. The number of aromatic nitrogens is 2. The van der Waals surface area contributed by atoms with Crippen molar-refractivity contribution in [2.45, 2.75) is 11.9 Å². The number of H-pyrrole nitrogens is 1. The van der Waals surface area contributed by atoms with Crippen LogP contribution in [0.15, 0.2) is 12.4 Å². The summed E-state index contributed by atoms with van der Waals surface area (Å²) < 4.78 is 57.9. The zero-order valence-corrected chi connectivity index (χ0v) is 8.19. The maximum absolute atomic E-state index is 11.8. The van der Waals surface area contributed by atoms with Crippen LogP contribution in [0.25, 0.3) is 0 Å². The summed E-state index contributed by atoms with van der Waals surface area (Å²) in [6.07, 6.45) is 2.99. The minimum absolute atomic E-state index is 0.0717. The van der Waals surface area contributed by atoms with Crippen LogP contribution in [-0.4, -0.2) is 30.4 Å². The van der Waals surface area contributed by atoms with Gasteiger partial charge in [-0.1, -0.05) is 0 Å². The molecule has 0 atom stereocenters. The predicted octanol–water partition coefficient (Wildman–Crippen LogP) is 0.391. The van der Waals surface area contributed by atoms with Crippen LogP contribution >= 0.6 is 0 Å². The lowest BCUT2D eigenvalue weighted by Gasteiger charge is -2.08. The molecule has 0 radical (unpaired) electrons. The van der Waals surface area contributed by atoms with Gasteiger partial charge in [0.25, 0.3) is 0 Å². The number of imidazole rings is 1. The third-order valence-corrected chi connectivity index (χ3v) is 2.71. The minimum atomic E-state index is -5.27. The molecule has 0 aliphatic heterocycles. The van der Waals surface area contributed by atoms with Crippen LogP contribution in [0, 0.1) is 0 Å². The van der Waals surface area contributed by atoms with E-state index in [0.717, 1.165) is 0 Å². The van der Waals surface area contributed by atoms with Gasteiger partial charge in [-0.25, -0.2) is 18.1 Å². The molecule has 0 aliphatic carbocycles. The molecule has 0 amide bonds. The lowest BCUT2D eigenvalue weighted by Crippen LogP contribution is -2.37. The van der Waals surface area contributed by atoms with Gasteiger partial charge in [0, 0.05) is 25.4 Å². The Labute approximate surface area is 83.8 Å². The van der Waals surface area contributed by atoms with Crippen LogP contribution in [0.1, 0.15) is 5.82 Å². The molecule has 0 saturated heterocycles. The van der Waals surface area contributed by atoms with Crippen LogP contribution in [0.5, 0.6) is 0 Å². The molecular formula is C6H8F3N3O2S. The summed E-state index contributed by atoms with van der Waals surface area (Å²) in [4.78, 5) is 6.36. The van der Waals surface area contributed by atoms with Gasteiger partial charge in [0.1, 0.15) is 5.82 Å². The average molecular weight is 243 g/mol. The Bertz CT molecular complexity index is 398. The first kappa shape index (κ1) is 12.0. The zero-order valence-electron chi connectivity index (χ0n) is 7.37.